The lowest BCUT2D eigenvalue weighted by Crippen LogP contribution is -2.30. The summed E-state index contributed by atoms with van der Waals surface area (Å²) in [6.07, 6.45) is 68.2. The number of hydrogen-bond acceptors (Lipinski definition) is 6. The topological polar surface area (TPSA) is 78.9 Å². The Bertz CT molecular complexity index is 1170. The summed E-state index contributed by atoms with van der Waals surface area (Å²) in [5.41, 5.74) is 0. The van der Waals surface area contributed by atoms with Crippen LogP contribution in [-0.4, -0.2) is 37.2 Å². The molecule has 0 saturated carbocycles. The van der Waals surface area contributed by atoms with Crippen LogP contribution in [0, 0.1) is 0 Å². The van der Waals surface area contributed by atoms with Crippen LogP contribution < -0.4 is 0 Å². The number of allylic oxidation sites excluding steroid dienone is 8. The Morgan fingerprint density at radius 2 is 0.537 bits per heavy atom. The quantitative estimate of drug-likeness (QED) is 0.0262. The summed E-state index contributed by atoms with van der Waals surface area (Å²) < 4.78 is 16.8. The van der Waals surface area contributed by atoms with Gasteiger partial charge < -0.3 is 14.2 Å². The molecule has 0 amide bonds. The fraction of sp³-hybridized carbons (Fsp3) is 0.820. The molecule has 0 aliphatic rings. The van der Waals surface area contributed by atoms with Crippen molar-refractivity contribution in [3.8, 4) is 0 Å². The number of hydrogen-bond donors (Lipinski definition) is 0. The van der Waals surface area contributed by atoms with Crippen molar-refractivity contribution in [2.24, 2.45) is 0 Å². The summed E-state index contributed by atoms with van der Waals surface area (Å²) in [6.45, 7) is 6.61. The molecule has 0 heterocycles. The highest BCUT2D eigenvalue weighted by molar-refractivity contribution is 5.71. The third-order valence-corrected chi connectivity index (χ3v) is 12.8. The zero-order valence-corrected chi connectivity index (χ0v) is 44.7. The van der Waals surface area contributed by atoms with Crippen molar-refractivity contribution < 1.29 is 28.6 Å². The smallest absolute Gasteiger partial charge is 0.306 e. The fourth-order valence-corrected chi connectivity index (χ4v) is 8.39. The summed E-state index contributed by atoms with van der Waals surface area (Å²) in [5.74, 6) is -0.889. The molecule has 390 valence electrons. The van der Waals surface area contributed by atoms with Gasteiger partial charge in [0.25, 0.3) is 0 Å². The number of unbranched alkanes of at least 4 members (excludes halogenated alkanes) is 34. The van der Waals surface area contributed by atoms with Gasteiger partial charge in [0.15, 0.2) is 6.10 Å². The average molecular weight is 940 g/mol. The molecule has 0 spiro atoms. The Hall–Kier alpha value is -2.63. The molecule has 0 radical (unpaired) electrons. The second kappa shape index (κ2) is 56.0. The molecule has 6 nitrogen and oxygen atoms in total. The van der Waals surface area contributed by atoms with Crippen LogP contribution in [0.4, 0.5) is 0 Å². The molecule has 0 aromatic heterocycles. The molecule has 0 bridgehead atoms. The fourth-order valence-electron chi connectivity index (χ4n) is 8.39. The summed E-state index contributed by atoms with van der Waals surface area (Å²) in [4.78, 5) is 38.1. The van der Waals surface area contributed by atoms with Crippen LogP contribution in [0.25, 0.3) is 0 Å². The lowest BCUT2D eigenvalue weighted by Gasteiger charge is -2.18. The van der Waals surface area contributed by atoms with E-state index in [-0.39, 0.29) is 31.1 Å². The van der Waals surface area contributed by atoms with Gasteiger partial charge in [-0.3, -0.25) is 14.4 Å². The third-order valence-electron chi connectivity index (χ3n) is 12.8. The van der Waals surface area contributed by atoms with Gasteiger partial charge in [-0.2, -0.15) is 0 Å². The predicted molar refractivity (Wildman–Crippen MR) is 289 cm³/mol. The highest BCUT2D eigenvalue weighted by atomic mass is 16.6. The Labute approximate surface area is 416 Å². The van der Waals surface area contributed by atoms with Gasteiger partial charge in [0.2, 0.25) is 0 Å². The van der Waals surface area contributed by atoms with Crippen LogP contribution >= 0.6 is 0 Å². The molecular weight excluding hydrogens is 829 g/mol. The molecule has 0 aromatic carbocycles. The maximum atomic E-state index is 12.8. The van der Waals surface area contributed by atoms with Gasteiger partial charge in [0.1, 0.15) is 13.2 Å². The molecule has 0 fully saturated rings. The Kier molecular flexibility index (Phi) is 53.8. The van der Waals surface area contributed by atoms with E-state index in [0.29, 0.717) is 19.3 Å². The minimum Gasteiger partial charge on any atom is -0.462 e. The summed E-state index contributed by atoms with van der Waals surface area (Å²) in [7, 11) is 0. The molecule has 6 heteroatoms. The van der Waals surface area contributed by atoms with Crippen LogP contribution in [-0.2, 0) is 28.6 Å². The van der Waals surface area contributed by atoms with Crippen LogP contribution in [0.15, 0.2) is 48.6 Å². The summed E-state index contributed by atoms with van der Waals surface area (Å²) in [6, 6.07) is 0. The summed E-state index contributed by atoms with van der Waals surface area (Å²) >= 11 is 0. The highest BCUT2D eigenvalue weighted by Crippen LogP contribution is 2.16. The van der Waals surface area contributed by atoms with Crippen LogP contribution in [0.3, 0.4) is 0 Å². The summed E-state index contributed by atoms with van der Waals surface area (Å²) in [5, 5.41) is 0. The molecule has 67 heavy (non-hydrogen) atoms. The van der Waals surface area contributed by atoms with E-state index in [1.165, 1.54) is 180 Å². The maximum Gasteiger partial charge on any atom is 0.306 e. The van der Waals surface area contributed by atoms with Gasteiger partial charge in [0, 0.05) is 19.3 Å². The molecule has 0 rings (SSSR count). The van der Waals surface area contributed by atoms with E-state index in [0.717, 1.165) is 83.5 Å². The zero-order chi connectivity index (χ0) is 48.6. The van der Waals surface area contributed by atoms with Crippen molar-refractivity contribution >= 4 is 17.9 Å². The van der Waals surface area contributed by atoms with Gasteiger partial charge in [-0.15, -0.1) is 0 Å². The SMILES string of the molecule is CCCCC/C=C\C/C=C\C/C=C\CCCCCCC(=O)O[C@@H](COC(=O)CCCCCCCCCCCCC)COC(=O)CCCCCCCCCCCCC/C=C\CCCCCCCC. The molecule has 0 aliphatic heterocycles. The first-order valence-corrected chi connectivity index (χ1v) is 29.1. The second-order valence-electron chi connectivity index (χ2n) is 19.6. The number of rotatable bonds is 53. The maximum absolute atomic E-state index is 12.8. The van der Waals surface area contributed by atoms with Crippen molar-refractivity contribution in [1.29, 1.82) is 0 Å². The van der Waals surface area contributed by atoms with E-state index in [1.807, 2.05) is 0 Å². The van der Waals surface area contributed by atoms with E-state index in [4.69, 9.17) is 14.2 Å². The molecular formula is C61H110O6. The van der Waals surface area contributed by atoms with E-state index in [9.17, 15) is 14.4 Å². The predicted octanol–water partition coefficient (Wildman–Crippen LogP) is 19.4. The second-order valence-corrected chi connectivity index (χ2v) is 19.6. The Morgan fingerprint density at radius 1 is 0.299 bits per heavy atom. The number of ether oxygens (including phenoxy) is 3. The van der Waals surface area contributed by atoms with Crippen molar-refractivity contribution in [3.05, 3.63) is 48.6 Å². The first-order valence-electron chi connectivity index (χ1n) is 29.1. The Balaban J connectivity index is 4.32. The molecule has 0 aliphatic carbocycles. The largest absolute Gasteiger partial charge is 0.462 e. The van der Waals surface area contributed by atoms with Crippen molar-refractivity contribution in [2.45, 2.75) is 309 Å². The minimum atomic E-state index is -0.782. The van der Waals surface area contributed by atoms with Crippen molar-refractivity contribution in [1.82, 2.24) is 0 Å². The van der Waals surface area contributed by atoms with Crippen LogP contribution in [0.2, 0.25) is 0 Å². The zero-order valence-electron chi connectivity index (χ0n) is 44.7. The van der Waals surface area contributed by atoms with Gasteiger partial charge in [0.05, 0.1) is 0 Å². The molecule has 0 aromatic rings. The molecule has 0 unspecified atom stereocenters. The first-order chi connectivity index (χ1) is 33.0. The normalized spacial score (nSPS) is 12.3. The number of esters is 3. The van der Waals surface area contributed by atoms with E-state index < -0.39 is 6.10 Å². The third kappa shape index (κ3) is 54.2. The van der Waals surface area contributed by atoms with Crippen LogP contribution in [0.1, 0.15) is 303 Å². The van der Waals surface area contributed by atoms with Gasteiger partial charge >= 0.3 is 17.9 Å². The minimum absolute atomic E-state index is 0.0795. The molecule has 1 atom stereocenters. The highest BCUT2D eigenvalue weighted by Gasteiger charge is 2.19. The van der Waals surface area contributed by atoms with Crippen LogP contribution in [0.5, 0.6) is 0 Å². The van der Waals surface area contributed by atoms with Gasteiger partial charge in [-0.25, -0.2) is 0 Å². The van der Waals surface area contributed by atoms with E-state index in [1.54, 1.807) is 0 Å². The lowest BCUT2D eigenvalue weighted by molar-refractivity contribution is -0.167. The standard InChI is InChI=1S/C61H110O6/c1-4-7-10-13-16-19-22-24-26-28-29-30-31-33-34-36-39-42-45-48-51-54-60(63)66-57-58(56-65-59(62)53-50-47-44-41-38-21-18-15-12-9-6-3)67-61(64)55-52-49-46-43-40-37-35-32-27-25-23-20-17-14-11-8-5-2/h17,20,24-27,35,37,58H,4-16,18-19,21-23,28-34,36,38-57H2,1-3H3/b20-17-,26-24-,27-25-,37-35-/t58-/m0/s1. The van der Waals surface area contributed by atoms with Crippen molar-refractivity contribution in [2.75, 3.05) is 13.2 Å². The lowest BCUT2D eigenvalue weighted by atomic mass is 10.0. The average Bonchev–Trinajstić information content (AvgIpc) is 3.33. The molecule has 0 N–H and O–H groups in total. The Morgan fingerprint density at radius 3 is 0.881 bits per heavy atom. The monoisotopic (exact) mass is 939 g/mol. The number of carbonyl (C=O) groups excluding carboxylic acids is 3. The van der Waals surface area contributed by atoms with E-state index in [2.05, 4.69) is 69.4 Å². The van der Waals surface area contributed by atoms with Gasteiger partial charge in [-0.05, 0) is 83.5 Å². The van der Waals surface area contributed by atoms with Crippen molar-refractivity contribution in [3.63, 3.8) is 0 Å². The molecule has 0 saturated heterocycles. The first kappa shape index (κ1) is 64.4. The van der Waals surface area contributed by atoms with E-state index >= 15 is 0 Å². The number of carbonyl (C=O) groups is 3. The van der Waals surface area contributed by atoms with Gasteiger partial charge in [-0.1, -0.05) is 249 Å².